The highest BCUT2D eigenvalue weighted by atomic mass is 32.1. The number of hydrogen-bond donors (Lipinski definition) is 2. The maximum atomic E-state index is 5.63. The minimum Gasteiger partial charge on any atom is -0.356 e. The van der Waals surface area contributed by atoms with E-state index >= 15 is 0 Å². The lowest BCUT2D eigenvalue weighted by atomic mass is 10.0. The van der Waals surface area contributed by atoms with Gasteiger partial charge in [0.2, 0.25) is 5.95 Å². The van der Waals surface area contributed by atoms with E-state index in [2.05, 4.69) is 52.5 Å². The molecule has 32 heavy (non-hydrogen) atoms. The highest BCUT2D eigenvalue weighted by molar-refractivity contribution is 7.80. The van der Waals surface area contributed by atoms with Gasteiger partial charge in [0.15, 0.2) is 5.11 Å². The average molecular weight is 453 g/mol. The number of benzene rings is 1. The van der Waals surface area contributed by atoms with Gasteiger partial charge in [0.05, 0.1) is 6.04 Å². The topological polar surface area (TPSA) is 56.3 Å². The highest BCUT2D eigenvalue weighted by Crippen LogP contribution is 2.28. The van der Waals surface area contributed by atoms with E-state index in [1.54, 1.807) is 0 Å². The first-order chi connectivity index (χ1) is 15.6. The van der Waals surface area contributed by atoms with Crippen LogP contribution >= 0.6 is 12.2 Å². The van der Waals surface area contributed by atoms with Gasteiger partial charge in [0.25, 0.3) is 0 Å². The molecule has 172 valence electrons. The van der Waals surface area contributed by atoms with Crippen molar-refractivity contribution in [3.8, 4) is 0 Å². The van der Waals surface area contributed by atoms with Gasteiger partial charge in [-0.05, 0) is 63.7 Å². The van der Waals surface area contributed by atoms with E-state index in [0.717, 1.165) is 31.3 Å². The molecule has 3 heterocycles. The highest BCUT2D eigenvalue weighted by Gasteiger charge is 2.23. The fourth-order valence-electron chi connectivity index (χ4n) is 4.68. The van der Waals surface area contributed by atoms with Crippen LogP contribution < -0.4 is 20.4 Å². The Kier molecular flexibility index (Phi) is 7.79. The molecule has 1 aromatic heterocycles. The van der Waals surface area contributed by atoms with Crippen LogP contribution in [-0.2, 0) is 0 Å². The van der Waals surface area contributed by atoms with Crippen molar-refractivity contribution in [3.05, 3.63) is 42.0 Å². The predicted octanol–water partition coefficient (Wildman–Crippen LogP) is 5.28. The monoisotopic (exact) mass is 452 g/mol. The molecule has 2 aliphatic rings. The molecule has 2 aromatic rings. The summed E-state index contributed by atoms with van der Waals surface area (Å²) in [6.07, 6.45) is 8.75. The lowest BCUT2D eigenvalue weighted by Gasteiger charge is -2.35. The maximum absolute atomic E-state index is 5.63. The Morgan fingerprint density at radius 1 is 0.969 bits per heavy atom. The zero-order valence-electron chi connectivity index (χ0n) is 19.4. The van der Waals surface area contributed by atoms with E-state index in [1.807, 2.05) is 18.2 Å². The standard InChI is InChI=1S/C25H36N6S/c1-19-12-8-11-17-31(19)23-18-22(30-15-9-3-4-10-16-30)27-24(28-23)29-25(32)26-20(2)21-13-6-5-7-14-21/h5-7,13-14,18-20H,3-4,8-12,15-17H2,1-2H3,(H2,26,27,28,29,32)/t19-,20-/m1/s1. The number of thiocarbonyl (C=S) groups is 1. The summed E-state index contributed by atoms with van der Waals surface area (Å²) >= 11 is 5.63. The number of aromatic nitrogens is 2. The van der Waals surface area contributed by atoms with Gasteiger partial charge in [-0.2, -0.15) is 9.97 Å². The predicted molar refractivity (Wildman–Crippen MR) is 138 cm³/mol. The van der Waals surface area contributed by atoms with Crippen molar-refractivity contribution in [1.29, 1.82) is 0 Å². The Morgan fingerprint density at radius 3 is 2.38 bits per heavy atom. The molecule has 2 atom stereocenters. The molecule has 0 unspecified atom stereocenters. The van der Waals surface area contributed by atoms with Crippen LogP contribution in [0, 0.1) is 0 Å². The van der Waals surface area contributed by atoms with Crippen LogP contribution in [0.15, 0.2) is 36.4 Å². The van der Waals surface area contributed by atoms with Crippen molar-refractivity contribution in [2.45, 2.75) is 70.9 Å². The summed E-state index contributed by atoms with van der Waals surface area (Å²) < 4.78 is 0. The van der Waals surface area contributed by atoms with Gasteiger partial charge in [-0.1, -0.05) is 43.2 Å². The van der Waals surface area contributed by atoms with Crippen molar-refractivity contribution in [2.24, 2.45) is 0 Å². The number of rotatable bonds is 5. The molecule has 0 spiro atoms. The number of nitrogens with zero attached hydrogens (tertiary/aromatic N) is 4. The smallest absolute Gasteiger partial charge is 0.232 e. The quantitative estimate of drug-likeness (QED) is 0.598. The second kappa shape index (κ2) is 10.9. The zero-order valence-corrected chi connectivity index (χ0v) is 20.2. The van der Waals surface area contributed by atoms with E-state index in [1.165, 1.54) is 50.5 Å². The third kappa shape index (κ3) is 5.88. The molecule has 0 saturated carbocycles. The summed E-state index contributed by atoms with van der Waals surface area (Å²) in [4.78, 5) is 14.6. The van der Waals surface area contributed by atoms with Crippen LogP contribution in [0.4, 0.5) is 17.6 Å². The normalized spacial score (nSPS) is 20.4. The van der Waals surface area contributed by atoms with Gasteiger partial charge in [0, 0.05) is 31.7 Å². The van der Waals surface area contributed by atoms with Gasteiger partial charge in [-0.15, -0.1) is 0 Å². The van der Waals surface area contributed by atoms with Crippen molar-refractivity contribution in [3.63, 3.8) is 0 Å². The minimum atomic E-state index is 0.103. The lowest BCUT2D eigenvalue weighted by Crippen LogP contribution is -2.38. The van der Waals surface area contributed by atoms with Crippen LogP contribution in [0.2, 0.25) is 0 Å². The first-order valence-electron chi connectivity index (χ1n) is 12.1. The molecule has 2 aliphatic heterocycles. The van der Waals surface area contributed by atoms with Gasteiger partial charge < -0.3 is 20.4 Å². The van der Waals surface area contributed by atoms with Gasteiger partial charge in [0.1, 0.15) is 11.6 Å². The Hall–Kier alpha value is -2.41. The Balaban J connectivity index is 1.54. The molecule has 2 fully saturated rings. The van der Waals surface area contributed by atoms with Crippen LogP contribution in [0.3, 0.4) is 0 Å². The summed E-state index contributed by atoms with van der Waals surface area (Å²) in [7, 11) is 0. The first-order valence-corrected chi connectivity index (χ1v) is 12.5. The van der Waals surface area contributed by atoms with Gasteiger partial charge >= 0.3 is 0 Å². The second-order valence-corrected chi connectivity index (χ2v) is 9.49. The number of anilines is 3. The molecule has 7 heteroatoms. The van der Waals surface area contributed by atoms with Crippen molar-refractivity contribution in [2.75, 3.05) is 34.8 Å². The molecule has 0 radical (unpaired) electrons. The molecule has 0 aliphatic carbocycles. The van der Waals surface area contributed by atoms with Crippen LogP contribution in [0.1, 0.15) is 70.4 Å². The fraction of sp³-hybridized carbons (Fsp3) is 0.560. The third-order valence-electron chi connectivity index (χ3n) is 6.60. The molecular weight excluding hydrogens is 416 g/mol. The lowest BCUT2D eigenvalue weighted by molar-refractivity contribution is 0.481. The van der Waals surface area contributed by atoms with E-state index < -0.39 is 0 Å². The first kappa shape index (κ1) is 22.8. The number of hydrogen-bond acceptors (Lipinski definition) is 5. The Labute approximate surface area is 197 Å². The molecule has 0 bridgehead atoms. The van der Waals surface area contributed by atoms with Crippen LogP contribution in [-0.4, -0.2) is 40.8 Å². The van der Waals surface area contributed by atoms with Crippen molar-refractivity contribution < 1.29 is 0 Å². The molecule has 2 N–H and O–H groups in total. The zero-order chi connectivity index (χ0) is 22.3. The molecule has 2 saturated heterocycles. The molecule has 4 rings (SSSR count). The summed E-state index contributed by atoms with van der Waals surface area (Å²) in [5.41, 5.74) is 1.19. The Bertz CT molecular complexity index is 881. The largest absolute Gasteiger partial charge is 0.356 e. The number of piperidine rings is 1. The summed E-state index contributed by atoms with van der Waals surface area (Å²) in [6.45, 7) is 7.57. The van der Waals surface area contributed by atoms with Gasteiger partial charge in [-0.3, -0.25) is 0 Å². The summed E-state index contributed by atoms with van der Waals surface area (Å²) in [5.74, 6) is 2.60. The van der Waals surface area contributed by atoms with E-state index in [9.17, 15) is 0 Å². The average Bonchev–Trinajstić information content (AvgIpc) is 3.09. The third-order valence-corrected chi connectivity index (χ3v) is 6.82. The Morgan fingerprint density at radius 2 is 1.66 bits per heavy atom. The van der Waals surface area contributed by atoms with Crippen LogP contribution in [0.25, 0.3) is 0 Å². The maximum Gasteiger partial charge on any atom is 0.232 e. The molecule has 6 nitrogen and oxygen atoms in total. The van der Waals surface area contributed by atoms with Crippen LogP contribution in [0.5, 0.6) is 0 Å². The summed E-state index contributed by atoms with van der Waals surface area (Å²) in [6, 6.07) is 13.1. The second-order valence-electron chi connectivity index (χ2n) is 9.08. The van der Waals surface area contributed by atoms with Crippen molar-refractivity contribution >= 4 is 34.9 Å². The molecule has 0 amide bonds. The SMILES string of the molecule is C[C@@H]1CCCCN1c1cc(N2CCCCCC2)nc(NC(=S)N[C@H](C)c2ccccc2)n1. The van der Waals surface area contributed by atoms with E-state index in [4.69, 9.17) is 22.2 Å². The summed E-state index contributed by atoms with van der Waals surface area (Å²) in [5, 5.41) is 7.20. The molecular formula is C25H36N6S. The molecule has 1 aromatic carbocycles. The van der Waals surface area contributed by atoms with E-state index in [0.29, 0.717) is 17.1 Å². The fourth-order valence-corrected chi connectivity index (χ4v) is 4.95. The number of nitrogens with one attached hydrogen (secondary N) is 2. The van der Waals surface area contributed by atoms with Gasteiger partial charge in [-0.25, -0.2) is 0 Å². The minimum absolute atomic E-state index is 0.103. The van der Waals surface area contributed by atoms with E-state index in [-0.39, 0.29) is 6.04 Å². The van der Waals surface area contributed by atoms with Crippen molar-refractivity contribution in [1.82, 2.24) is 15.3 Å².